The van der Waals surface area contributed by atoms with Crippen molar-refractivity contribution >= 4 is 34.8 Å². The third-order valence-corrected chi connectivity index (χ3v) is 3.13. The van der Waals surface area contributed by atoms with E-state index in [2.05, 4.69) is 20.8 Å². The molecule has 0 radical (unpaired) electrons. The summed E-state index contributed by atoms with van der Waals surface area (Å²) in [7, 11) is 0. The normalized spacial score (nSPS) is 10.3. The number of anilines is 1. The largest absolute Gasteiger partial charge is 0.411 e. The van der Waals surface area contributed by atoms with E-state index in [0.29, 0.717) is 22.8 Å². The van der Waals surface area contributed by atoms with Crippen LogP contribution >= 0.6 is 24.0 Å². The van der Waals surface area contributed by atoms with Crippen LogP contribution in [0.3, 0.4) is 0 Å². The standard InChI is InChI=1S/C12H14N4O2S2/c1-20-12-16-15-10(18-12)8-2-4-9(5-3-8)14-11(19)13-6-7-17/h2-5,17H,6-7H2,1H3,(H2,13,14,19). The Morgan fingerprint density at radius 1 is 1.35 bits per heavy atom. The molecule has 1 aromatic carbocycles. The van der Waals surface area contributed by atoms with Crippen LogP contribution in [0, 0.1) is 0 Å². The molecule has 2 rings (SSSR count). The second-order valence-corrected chi connectivity index (χ2v) is 4.92. The Labute approximate surface area is 126 Å². The number of aliphatic hydroxyl groups excluding tert-OH is 1. The van der Waals surface area contributed by atoms with Gasteiger partial charge in [-0.15, -0.1) is 10.2 Å². The smallest absolute Gasteiger partial charge is 0.276 e. The molecule has 0 spiro atoms. The molecule has 0 amide bonds. The summed E-state index contributed by atoms with van der Waals surface area (Å²) < 4.78 is 5.45. The third-order valence-electron chi connectivity index (χ3n) is 2.37. The predicted molar refractivity (Wildman–Crippen MR) is 82.8 cm³/mol. The average Bonchev–Trinajstić information content (AvgIpc) is 2.95. The summed E-state index contributed by atoms with van der Waals surface area (Å²) in [4.78, 5) is 0. The van der Waals surface area contributed by atoms with Crippen molar-refractivity contribution in [2.24, 2.45) is 0 Å². The maximum Gasteiger partial charge on any atom is 0.276 e. The minimum absolute atomic E-state index is 0.0374. The Morgan fingerprint density at radius 3 is 2.70 bits per heavy atom. The molecule has 0 bridgehead atoms. The SMILES string of the molecule is CSc1nnc(-c2ccc(NC(=S)NCCO)cc2)o1. The van der Waals surface area contributed by atoms with E-state index in [9.17, 15) is 0 Å². The summed E-state index contributed by atoms with van der Waals surface area (Å²) in [6.07, 6.45) is 1.88. The number of rotatable bonds is 5. The quantitative estimate of drug-likeness (QED) is 0.569. The van der Waals surface area contributed by atoms with Crippen LogP contribution in [0.1, 0.15) is 0 Å². The highest BCUT2D eigenvalue weighted by Crippen LogP contribution is 2.22. The van der Waals surface area contributed by atoms with E-state index in [-0.39, 0.29) is 6.61 Å². The van der Waals surface area contributed by atoms with Crippen LogP contribution in [-0.2, 0) is 0 Å². The van der Waals surface area contributed by atoms with Gasteiger partial charge >= 0.3 is 0 Å². The topological polar surface area (TPSA) is 83.2 Å². The molecule has 0 aliphatic rings. The van der Waals surface area contributed by atoms with Crippen molar-refractivity contribution in [2.45, 2.75) is 5.22 Å². The molecule has 0 saturated carbocycles. The zero-order valence-electron chi connectivity index (χ0n) is 10.8. The number of thioether (sulfide) groups is 1. The zero-order valence-corrected chi connectivity index (χ0v) is 12.4. The highest BCUT2D eigenvalue weighted by molar-refractivity contribution is 7.98. The van der Waals surface area contributed by atoms with Gasteiger partial charge in [0, 0.05) is 17.8 Å². The van der Waals surface area contributed by atoms with Crippen molar-refractivity contribution < 1.29 is 9.52 Å². The summed E-state index contributed by atoms with van der Waals surface area (Å²) in [6.45, 7) is 0.457. The number of hydrogen-bond acceptors (Lipinski definition) is 6. The van der Waals surface area contributed by atoms with Gasteiger partial charge in [0.2, 0.25) is 5.89 Å². The summed E-state index contributed by atoms with van der Waals surface area (Å²) in [5, 5.41) is 23.4. The minimum atomic E-state index is 0.0374. The fourth-order valence-corrected chi connectivity index (χ4v) is 1.95. The Balaban J connectivity index is 2.00. The number of aromatic nitrogens is 2. The van der Waals surface area contributed by atoms with Gasteiger partial charge in [-0.05, 0) is 42.7 Å². The van der Waals surface area contributed by atoms with Crippen LogP contribution in [-0.4, -0.2) is 39.8 Å². The van der Waals surface area contributed by atoms with Crippen LogP contribution in [0.5, 0.6) is 0 Å². The van der Waals surface area contributed by atoms with Crippen molar-refractivity contribution in [3.63, 3.8) is 0 Å². The molecule has 0 fully saturated rings. The summed E-state index contributed by atoms with van der Waals surface area (Å²) in [5.74, 6) is 0.488. The van der Waals surface area contributed by atoms with E-state index in [1.807, 2.05) is 30.5 Å². The van der Waals surface area contributed by atoms with E-state index in [1.165, 1.54) is 11.8 Å². The lowest BCUT2D eigenvalue weighted by atomic mass is 10.2. The Bertz CT molecular complexity index is 571. The maximum absolute atomic E-state index is 8.69. The lowest BCUT2D eigenvalue weighted by Crippen LogP contribution is -2.30. The fourth-order valence-electron chi connectivity index (χ4n) is 1.45. The first kappa shape index (κ1) is 14.8. The van der Waals surface area contributed by atoms with Crippen molar-refractivity contribution in [1.82, 2.24) is 15.5 Å². The third kappa shape index (κ3) is 3.92. The van der Waals surface area contributed by atoms with Gasteiger partial charge in [-0.1, -0.05) is 11.8 Å². The van der Waals surface area contributed by atoms with E-state index in [4.69, 9.17) is 21.7 Å². The minimum Gasteiger partial charge on any atom is -0.411 e. The van der Waals surface area contributed by atoms with Gasteiger partial charge in [-0.25, -0.2) is 0 Å². The monoisotopic (exact) mass is 310 g/mol. The Hall–Kier alpha value is -1.64. The van der Waals surface area contributed by atoms with E-state index in [0.717, 1.165) is 11.3 Å². The highest BCUT2D eigenvalue weighted by Gasteiger charge is 2.07. The van der Waals surface area contributed by atoms with Crippen molar-refractivity contribution in [2.75, 3.05) is 24.7 Å². The maximum atomic E-state index is 8.69. The molecule has 0 unspecified atom stereocenters. The molecule has 0 aliphatic carbocycles. The van der Waals surface area contributed by atoms with Crippen LogP contribution in [0.15, 0.2) is 33.9 Å². The average molecular weight is 310 g/mol. The molecule has 0 atom stereocenters. The first-order chi connectivity index (χ1) is 9.72. The molecule has 3 N–H and O–H groups in total. The molecule has 1 heterocycles. The molecule has 0 aliphatic heterocycles. The fraction of sp³-hybridized carbons (Fsp3) is 0.250. The van der Waals surface area contributed by atoms with Gasteiger partial charge in [0.05, 0.1) is 6.61 Å². The number of nitrogens with one attached hydrogen (secondary N) is 2. The first-order valence-electron chi connectivity index (χ1n) is 5.86. The number of aliphatic hydroxyl groups is 1. The van der Waals surface area contributed by atoms with E-state index in [1.54, 1.807) is 0 Å². The van der Waals surface area contributed by atoms with Crippen LogP contribution in [0.4, 0.5) is 5.69 Å². The molecule has 106 valence electrons. The van der Waals surface area contributed by atoms with Gasteiger partial charge in [0.1, 0.15) is 0 Å². The zero-order chi connectivity index (χ0) is 14.4. The number of benzene rings is 1. The molecule has 1 aromatic heterocycles. The lowest BCUT2D eigenvalue weighted by molar-refractivity contribution is 0.301. The first-order valence-corrected chi connectivity index (χ1v) is 7.50. The van der Waals surface area contributed by atoms with Crippen LogP contribution in [0.25, 0.3) is 11.5 Å². The molecular formula is C12H14N4O2S2. The summed E-state index contributed by atoms with van der Waals surface area (Å²) in [5.41, 5.74) is 1.69. The van der Waals surface area contributed by atoms with Gasteiger partial charge < -0.3 is 20.2 Å². The second-order valence-electron chi connectivity index (χ2n) is 3.76. The lowest BCUT2D eigenvalue weighted by Gasteiger charge is -2.09. The van der Waals surface area contributed by atoms with Gasteiger partial charge in [-0.3, -0.25) is 0 Å². The number of thiocarbonyl (C=S) groups is 1. The summed E-state index contributed by atoms with van der Waals surface area (Å²) >= 11 is 6.47. The molecule has 2 aromatic rings. The highest BCUT2D eigenvalue weighted by atomic mass is 32.2. The summed E-state index contributed by atoms with van der Waals surface area (Å²) in [6, 6.07) is 7.47. The number of hydrogen-bond donors (Lipinski definition) is 3. The van der Waals surface area contributed by atoms with Crippen molar-refractivity contribution in [3.8, 4) is 11.5 Å². The molecule has 8 heteroatoms. The molecule has 6 nitrogen and oxygen atoms in total. The second kappa shape index (κ2) is 7.22. The van der Waals surface area contributed by atoms with Crippen molar-refractivity contribution in [1.29, 1.82) is 0 Å². The Morgan fingerprint density at radius 2 is 2.10 bits per heavy atom. The van der Waals surface area contributed by atoms with E-state index >= 15 is 0 Å². The van der Waals surface area contributed by atoms with Crippen LogP contribution in [0.2, 0.25) is 0 Å². The van der Waals surface area contributed by atoms with Crippen LogP contribution < -0.4 is 10.6 Å². The predicted octanol–water partition coefficient (Wildman–Crippen LogP) is 1.74. The van der Waals surface area contributed by atoms with Gasteiger partial charge in [0.25, 0.3) is 5.22 Å². The Kier molecular flexibility index (Phi) is 5.33. The van der Waals surface area contributed by atoms with Gasteiger partial charge in [0.15, 0.2) is 5.11 Å². The number of nitrogens with zero attached hydrogens (tertiary/aromatic N) is 2. The molecule has 20 heavy (non-hydrogen) atoms. The van der Waals surface area contributed by atoms with E-state index < -0.39 is 0 Å². The molecular weight excluding hydrogens is 296 g/mol. The van der Waals surface area contributed by atoms with Crippen molar-refractivity contribution in [3.05, 3.63) is 24.3 Å². The van der Waals surface area contributed by atoms with Gasteiger partial charge in [-0.2, -0.15) is 0 Å². The molecule has 0 saturated heterocycles.